The summed E-state index contributed by atoms with van der Waals surface area (Å²) in [5.41, 5.74) is 1.92. The van der Waals surface area contributed by atoms with Gasteiger partial charge in [-0.25, -0.2) is 0 Å². The van der Waals surface area contributed by atoms with Crippen LogP contribution in [0.3, 0.4) is 0 Å². The van der Waals surface area contributed by atoms with Crippen LogP contribution in [0.15, 0.2) is 42.6 Å². The molecule has 2 heterocycles. The molecule has 0 amide bonds. The molecule has 1 N–H and O–H groups in total. The average Bonchev–Trinajstić information content (AvgIpc) is 2.69. The van der Waals surface area contributed by atoms with E-state index in [1.54, 1.807) is 20.4 Å². The second-order valence-corrected chi connectivity index (χ2v) is 6.41. The molecule has 6 nitrogen and oxygen atoms in total. The quantitative estimate of drug-likeness (QED) is 0.858. The number of rotatable bonds is 6. The molecular formula is C20H24N2O4. The zero-order valence-corrected chi connectivity index (χ0v) is 15.1. The molecule has 3 rings (SSSR count). The van der Waals surface area contributed by atoms with Crippen LogP contribution in [0, 0.1) is 5.92 Å². The fraction of sp³-hybridized carbons (Fsp3) is 0.400. The van der Waals surface area contributed by atoms with Crippen LogP contribution in [0.2, 0.25) is 0 Å². The van der Waals surface area contributed by atoms with E-state index < -0.39 is 5.97 Å². The van der Waals surface area contributed by atoms with Crippen LogP contribution in [-0.4, -0.2) is 48.3 Å². The molecule has 138 valence electrons. The molecule has 1 atom stereocenters. The highest BCUT2D eigenvalue weighted by Gasteiger charge is 2.32. The van der Waals surface area contributed by atoms with E-state index in [1.807, 2.05) is 36.4 Å². The molecule has 0 radical (unpaired) electrons. The molecule has 1 aliphatic rings. The highest BCUT2D eigenvalue weighted by molar-refractivity contribution is 5.70. The maximum absolute atomic E-state index is 11.3. The summed E-state index contributed by atoms with van der Waals surface area (Å²) in [6, 6.07) is 11.6. The van der Waals surface area contributed by atoms with E-state index in [4.69, 9.17) is 9.47 Å². The number of carboxylic acids is 1. The van der Waals surface area contributed by atoms with Gasteiger partial charge in [-0.2, -0.15) is 0 Å². The normalized spacial score (nSPS) is 16.8. The second kappa shape index (κ2) is 8.19. The molecule has 2 aromatic rings. The molecular weight excluding hydrogens is 332 g/mol. The minimum Gasteiger partial charge on any atom is -0.497 e. The molecule has 0 bridgehead atoms. The first kappa shape index (κ1) is 18.2. The molecule has 0 saturated carbocycles. The summed E-state index contributed by atoms with van der Waals surface area (Å²) in [6.07, 6.45) is 3.05. The lowest BCUT2D eigenvalue weighted by atomic mass is 9.92. The van der Waals surface area contributed by atoms with Gasteiger partial charge in [-0.1, -0.05) is 6.07 Å². The third-order valence-electron chi connectivity index (χ3n) is 4.95. The van der Waals surface area contributed by atoms with Gasteiger partial charge in [0.1, 0.15) is 11.5 Å². The summed E-state index contributed by atoms with van der Waals surface area (Å²) in [7, 11) is 3.27. The standard InChI is InChI=1S/C20H24N2O4/c1-25-15-6-7-16(18(13-15)26-2)19(17-5-3-4-10-21-17)22-11-8-14(9-12-22)20(23)24/h3-7,10,13-14,19H,8-9,11-12H2,1-2H3,(H,23,24). The number of ether oxygens (including phenoxy) is 2. The number of likely N-dealkylation sites (tertiary alicyclic amines) is 1. The van der Waals surface area contributed by atoms with Gasteiger partial charge < -0.3 is 14.6 Å². The van der Waals surface area contributed by atoms with Gasteiger partial charge in [-0.15, -0.1) is 0 Å². The van der Waals surface area contributed by atoms with Gasteiger partial charge in [0.15, 0.2) is 0 Å². The molecule has 0 spiro atoms. The van der Waals surface area contributed by atoms with E-state index >= 15 is 0 Å². The van der Waals surface area contributed by atoms with Crippen molar-refractivity contribution in [3.05, 3.63) is 53.9 Å². The van der Waals surface area contributed by atoms with Crippen LogP contribution in [0.1, 0.15) is 30.1 Å². The molecule has 1 aliphatic heterocycles. The summed E-state index contributed by atoms with van der Waals surface area (Å²) in [4.78, 5) is 18.1. The predicted molar refractivity (Wildman–Crippen MR) is 97.6 cm³/mol. The van der Waals surface area contributed by atoms with Crippen LogP contribution in [0.5, 0.6) is 11.5 Å². The Labute approximate surface area is 153 Å². The summed E-state index contributed by atoms with van der Waals surface area (Å²) in [5.74, 6) is 0.491. The summed E-state index contributed by atoms with van der Waals surface area (Å²) in [5, 5.41) is 9.27. The Morgan fingerprint density at radius 1 is 1.19 bits per heavy atom. The first-order valence-electron chi connectivity index (χ1n) is 8.73. The van der Waals surface area contributed by atoms with Crippen molar-refractivity contribution < 1.29 is 19.4 Å². The third kappa shape index (κ3) is 3.80. The first-order valence-corrected chi connectivity index (χ1v) is 8.73. The van der Waals surface area contributed by atoms with E-state index in [1.165, 1.54) is 0 Å². The maximum Gasteiger partial charge on any atom is 0.306 e. The Bertz CT molecular complexity index is 743. The molecule has 6 heteroatoms. The highest BCUT2D eigenvalue weighted by atomic mass is 16.5. The van der Waals surface area contributed by atoms with Crippen molar-refractivity contribution in [2.24, 2.45) is 5.92 Å². The number of methoxy groups -OCH3 is 2. The fourth-order valence-corrected chi connectivity index (χ4v) is 3.53. The number of piperidine rings is 1. The van der Waals surface area contributed by atoms with Crippen molar-refractivity contribution in [3.63, 3.8) is 0 Å². The van der Waals surface area contributed by atoms with Crippen LogP contribution in [-0.2, 0) is 4.79 Å². The number of benzene rings is 1. The molecule has 1 unspecified atom stereocenters. The summed E-state index contributed by atoms with van der Waals surface area (Å²) in [6.45, 7) is 1.40. The Balaban J connectivity index is 1.97. The van der Waals surface area contributed by atoms with E-state index in [9.17, 15) is 9.90 Å². The van der Waals surface area contributed by atoms with Gasteiger partial charge in [-0.05, 0) is 50.2 Å². The van der Waals surface area contributed by atoms with Gasteiger partial charge in [0.25, 0.3) is 0 Å². The molecule has 0 aliphatic carbocycles. The number of hydrogen-bond acceptors (Lipinski definition) is 5. The molecule has 1 saturated heterocycles. The first-order chi connectivity index (χ1) is 12.6. The van der Waals surface area contributed by atoms with Crippen molar-refractivity contribution in [3.8, 4) is 11.5 Å². The molecule has 1 fully saturated rings. The lowest BCUT2D eigenvalue weighted by Crippen LogP contribution is -2.39. The molecule has 1 aromatic heterocycles. The van der Waals surface area contributed by atoms with Gasteiger partial charge >= 0.3 is 5.97 Å². The third-order valence-corrected chi connectivity index (χ3v) is 4.95. The smallest absolute Gasteiger partial charge is 0.306 e. The van der Waals surface area contributed by atoms with Crippen LogP contribution in [0.25, 0.3) is 0 Å². The van der Waals surface area contributed by atoms with E-state index in [0.717, 1.165) is 22.8 Å². The lowest BCUT2D eigenvalue weighted by molar-refractivity contribution is -0.143. The van der Waals surface area contributed by atoms with Crippen molar-refractivity contribution >= 4 is 5.97 Å². The minimum absolute atomic E-state index is 0.0909. The van der Waals surface area contributed by atoms with Crippen molar-refractivity contribution in [1.29, 1.82) is 0 Å². The van der Waals surface area contributed by atoms with Crippen molar-refractivity contribution in [2.45, 2.75) is 18.9 Å². The number of nitrogens with zero attached hydrogens (tertiary/aromatic N) is 2. The second-order valence-electron chi connectivity index (χ2n) is 6.41. The summed E-state index contributed by atoms with van der Waals surface area (Å²) >= 11 is 0. The molecule has 26 heavy (non-hydrogen) atoms. The number of hydrogen-bond donors (Lipinski definition) is 1. The largest absolute Gasteiger partial charge is 0.497 e. The maximum atomic E-state index is 11.3. The molecule has 1 aromatic carbocycles. The highest BCUT2D eigenvalue weighted by Crippen LogP contribution is 2.37. The van der Waals surface area contributed by atoms with E-state index in [2.05, 4.69) is 9.88 Å². The monoisotopic (exact) mass is 356 g/mol. The van der Waals surface area contributed by atoms with Gasteiger partial charge in [0, 0.05) is 17.8 Å². The SMILES string of the molecule is COc1ccc(C(c2ccccn2)N2CCC(C(=O)O)CC2)c(OC)c1. The van der Waals surface area contributed by atoms with Gasteiger partial charge in [0.05, 0.1) is 31.9 Å². The van der Waals surface area contributed by atoms with Gasteiger partial charge in [-0.3, -0.25) is 14.7 Å². The Morgan fingerprint density at radius 3 is 2.54 bits per heavy atom. The minimum atomic E-state index is -0.707. The van der Waals surface area contributed by atoms with Crippen LogP contribution < -0.4 is 9.47 Å². The Hall–Kier alpha value is -2.60. The topological polar surface area (TPSA) is 71.9 Å². The number of carbonyl (C=O) groups is 1. The number of aromatic nitrogens is 1. The van der Waals surface area contributed by atoms with Crippen LogP contribution in [0.4, 0.5) is 0 Å². The number of carboxylic acid groups (broad SMARTS) is 1. The van der Waals surface area contributed by atoms with E-state index in [0.29, 0.717) is 25.9 Å². The van der Waals surface area contributed by atoms with Crippen LogP contribution >= 0.6 is 0 Å². The number of aliphatic carboxylic acids is 1. The zero-order valence-electron chi connectivity index (χ0n) is 15.1. The lowest BCUT2D eigenvalue weighted by Gasteiger charge is -2.37. The van der Waals surface area contributed by atoms with Crippen molar-refractivity contribution in [2.75, 3.05) is 27.3 Å². The fourth-order valence-electron chi connectivity index (χ4n) is 3.53. The van der Waals surface area contributed by atoms with Gasteiger partial charge in [0.2, 0.25) is 0 Å². The predicted octanol–water partition coefficient (Wildman–Crippen LogP) is 2.98. The van der Waals surface area contributed by atoms with Crippen molar-refractivity contribution in [1.82, 2.24) is 9.88 Å². The Morgan fingerprint density at radius 2 is 1.96 bits per heavy atom. The summed E-state index contributed by atoms with van der Waals surface area (Å²) < 4.78 is 10.9. The zero-order chi connectivity index (χ0) is 18.5. The average molecular weight is 356 g/mol. The van der Waals surface area contributed by atoms with E-state index in [-0.39, 0.29) is 12.0 Å². The Kier molecular flexibility index (Phi) is 5.73. The number of pyridine rings is 1.